The minimum absolute atomic E-state index is 0.0414. The lowest BCUT2D eigenvalue weighted by atomic mass is 10.2. The van der Waals surface area contributed by atoms with E-state index in [0.717, 1.165) is 0 Å². The van der Waals surface area contributed by atoms with Crippen LogP contribution in [0.1, 0.15) is 6.42 Å². The zero-order valence-electron chi connectivity index (χ0n) is 5.62. The van der Waals surface area contributed by atoms with Gasteiger partial charge < -0.3 is 9.47 Å². The number of ketones is 1. The molecule has 0 spiro atoms. The molecule has 56 valence electrons. The topological polar surface area (TPSA) is 52.6 Å². The van der Waals surface area contributed by atoms with Gasteiger partial charge in [0.05, 0.1) is 7.11 Å². The second-order valence-electron chi connectivity index (χ2n) is 2.07. The molecule has 0 aromatic heterocycles. The predicted octanol–water partition coefficient (Wildman–Crippen LogP) is -0.483. The SMILES string of the molecule is COC(=O)C1CC(=O)CO1. The van der Waals surface area contributed by atoms with Crippen molar-refractivity contribution in [3.63, 3.8) is 0 Å². The molecule has 0 aliphatic carbocycles. The van der Waals surface area contributed by atoms with Crippen molar-refractivity contribution in [2.45, 2.75) is 12.5 Å². The van der Waals surface area contributed by atoms with Crippen LogP contribution in [0.5, 0.6) is 0 Å². The molecule has 1 fully saturated rings. The third-order valence-electron chi connectivity index (χ3n) is 1.32. The van der Waals surface area contributed by atoms with Gasteiger partial charge in [-0.15, -0.1) is 0 Å². The van der Waals surface area contributed by atoms with Crippen molar-refractivity contribution in [2.24, 2.45) is 0 Å². The highest BCUT2D eigenvalue weighted by molar-refractivity contribution is 5.89. The summed E-state index contributed by atoms with van der Waals surface area (Å²) in [6.07, 6.45) is -0.496. The quantitative estimate of drug-likeness (QED) is 0.466. The van der Waals surface area contributed by atoms with E-state index < -0.39 is 12.1 Å². The summed E-state index contributed by atoms with van der Waals surface area (Å²) in [5.41, 5.74) is 0. The minimum Gasteiger partial charge on any atom is -0.467 e. The van der Waals surface area contributed by atoms with E-state index in [1.807, 2.05) is 0 Å². The first-order valence-corrected chi connectivity index (χ1v) is 2.95. The van der Waals surface area contributed by atoms with E-state index in [4.69, 9.17) is 4.74 Å². The van der Waals surface area contributed by atoms with Gasteiger partial charge in [-0.1, -0.05) is 0 Å². The van der Waals surface area contributed by atoms with Crippen molar-refractivity contribution in [1.29, 1.82) is 0 Å². The number of carbonyl (C=O) groups is 2. The molecule has 0 aromatic carbocycles. The van der Waals surface area contributed by atoms with Crippen molar-refractivity contribution in [1.82, 2.24) is 0 Å². The lowest BCUT2D eigenvalue weighted by Gasteiger charge is -2.03. The van der Waals surface area contributed by atoms with Gasteiger partial charge in [0.2, 0.25) is 0 Å². The summed E-state index contributed by atoms with van der Waals surface area (Å²) in [4.78, 5) is 21.2. The van der Waals surface area contributed by atoms with Crippen molar-refractivity contribution in [3.8, 4) is 0 Å². The average Bonchev–Trinajstić information content (AvgIpc) is 2.34. The summed E-state index contributed by atoms with van der Waals surface area (Å²) in [7, 11) is 1.27. The van der Waals surface area contributed by atoms with Crippen LogP contribution in [0.4, 0.5) is 0 Å². The molecule has 0 saturated carbocycles. The molecule has 1 aliphatic heterocycles. The van der Waals surface area contributed by atoms with Gasteiger partial charge in [-0.3, -0.25) is 4.79 Å². The van der Waals surface area contributed by atoms with Crippen LogP contribution >= 0.6 is 0 Å². The van der Waals surface area contributed by atoms with Crippen LogP contribution in [0.25, 0.3) is 0 Å². The van der Waals surface area contributed by atoms with Gasteiger partial charge in [-0.05, 0) is 0 Å². The van der Waals surface area contributed by atoms with Crippen LogP contribution in [0, 0.1) is 0 Å². The molecule has 10 heavy (non-hydrogen) atoms. The largest absolute Gasteiger partial charge is 0.467 e. The summed E-state index contributed by atoms with van der Waals surface area (Å²) < 4.78 is 9.16. The third-order valence-corrected chi connectivity index (χ3v) is 1.32. The first kappa shape index (κ1) is 7.21. The summed E-state index contributed by atoms with van der Waals surface area (Å²) in [6, 6.07) is 0. The molecule has 1 rings (SSSR count). The molecule has 0 N–H and O–H groups in total. The molecule has 4 heteroatoms. The zero-order chi connectivity index (χ0) is 7.56. The highest BCUT2D eigenvalue weighted by Gasteiger charge is 2.29. The summed E-state index contributed by atoms with van der Waals surface area (Å²) in [6.45, 7) is 0.0414. The number of Topliss-reactive ketones (excluding diaryl/α,β-unsaturated/α-hetero) is 1. The predicted molar refractivity (Wildman–Crippen MR) is 31.4 cm³/mol. The Kier molecular flexibility index (Phi) is 2.01. The number of hydrogen-bond donors (Lipinski definition) is 0. The van der Waals surface area contributed by atoms with Crippen LogP contribution in [0.3, 0.4) is 0 Å². The fourth-order valence-corrected chi connectivity index (χ4v) is 0.801. The molecule has 0 aromatic rings. The van der Waals surface area contributed by atoms with Gasteiger partial charge in [-0.2, -0.15) is 0 Å². The minimum atomic E-state index is -0.655. The van der Waals surface area contributed by atoms with Crippen molar-refractivity contribution < 1.29 is 19.1 Å². The molecule has 1 saturated heterocycles. The average molecular weight is 144 g/mol. The van der Waals surface area contributed by atoms with E-state index in [2.05, 4.69) is 4.74 Å². The lowest BCUT2D eigenvalue weighted by Crippen LogP contribution is -2.20. The van der Waals surface area contributed by atoms with E-state index in [9.17, 15) is 9.59 Å². The van der Waals surface area contributed by atoms with Gasteiger partial charge in [-0.25, -0.2) is 4.79 Å². The lowest BCUT2D eigenvalue weighted by molar-refractivity contribution is -0.151. The van der Waals surface area contributed by atoms with E-state index in [1.165, 1.54) is 7.11 Å². The van der Waals surface area contributed by atoms with Crippen molar-refractivity contribution in [3.05, 3.63) is 0 Å². The normalized spacial score (nSPS) is 24.9. The van der Waals surface area contributed by atoms with Crippen molar-refractivity contribution >= 4 is 11.8 Å². The molecule has 4 nitrogen and oxygen atoms in total. The highest BCUT2D eigenvalue weighted by atomic mass is 16.6. The molecule has 0 radical (unpaired) electrons. The second kappa shape index (κ2) is 2.79. The second-order valence-corrected chi connectivity index (χ2v) is 2.07. The Bertz CT molecular complexity index is 163. The zero-order valence-corrected chi connectivity index (χ0v) is 5.62. The van der Waals surface area contributed by atoms with Gasteiger partial charge >= 0.3 is 5.97 Å². The Morgan fingerprint density at radius 2 is 2.50 bits per heavy atom. The van der Waals surface area contributed by atoms with Crippen LogP contribution in [-0.4, -0.2) is 31.6 Å². The molecule has 0 amide bonds. The van der Waals surface area contributed by atoms with E-state index in [1.54, 1.807) is 0 Å². The molecule has 1 aliphatic rings. The summed E-state index contributed by atoms with van der Waals surface area (Å²) in [5.74, 6) is -0.513. The molecular formula is C6H8O4. The highest BCUT2D eigenvalue weighted by Crippen LogP contribution is 2.09. The molecule has 0 bridgehead atoms. The Morgan fingerprint density at radius 1 is 1.80 bits per heavy atom. The van der Waals surface area contributed by atoms with Gasteiger partial charge in [0.15, 0.2) is 11.9 Å². The summed E-state index contributed by atoms with van der Waals surface area (Å²) >= 11 is 0. The van der Waals surface area contributed by atoms with Gasteiger partial charge in [0.1, 0.15) is 6.61 Å². The van der Waals surface area contributed by atoms with E-state index in [-0.39, 0.29) is 18.8 Å². The number of ether oxygens (including phenoxy) is 2. The van der Waals surface area contributed by atoms with E-state index >= 15 is 0 Å². The first-order valence-electron chi connectivity index (χ1n) is 2.95. The Morgan fingerprint density at radius 3 is 2.90 bits per heavy atom. The number of methoxy groups -OCH3 is 1. The van der Waals surface area contributed by atoms with Crippen molar-refractivity contribution in [2.75, 3.05) is 13.7 Å². The maximum absolute atomic E-state index is 10.7. The summed E-state index contributed by atoms with van der Waals surface area (Å²) in [5, 5.41) is 0. The maximum Gasteiger partial charge on any atom is 0.335 e. The third kappa shape index (κ3) is 1.33. The first-order chi connectivity index (χ1) is 4.74. The van der Waals surface area contributed by atoms with Crippen LogP contribution in [0.2, 0.25) is 0 Å². The van der Waals surface area contributed by atoms with Gasteiger partial charge in [0, 0.05) is 6.42 Å². The fourth-order valence-electron chi connectivity index (χ4n) is 0.801. The van der Waals surface area contributed by atoms with Crippen LogP contribution in [-0.2, 0) is 19.1 Å². The Labute approximate surface area is 58.1 Å². The monoisotopic (exact) mass is 144 g/mol. The molecule has 1 unspecified atom stereocenters. The molecule has 1 heterocycles. The maximum atomic E-state index is 10.7. The van der Waals surface area contributed by atoms with Crippen LogP contribution < -0.4 is 0 Å². The smallest absolute Gasteiger partial charge is 0.335 e. The number of esters is 1. The number of hydrogen-bond acceptors (Lipinski definition) is 4. The van der Waals surface area contributed by atoms with E-state index in [0.29, 0.717) is 0 Å². The number of carbonyl (C=O) groups excluding carboxylic acids is 2. The van der Waals surface area contributed by atoms with Crippen LogP contribution in [0.15, 0.2) is 0 Å². The Hall–Kier alpha value is -0.900. The number of rotatable bonds is 1. The molecular weight excluding hydrogens is 136 g/mol. The Balaban J connectivity index is 2.44. The molecule has 1 atom stereocenters. The standard InChI is InChI=1S/C6H8O4/c1-9-6(8)5-2-4(7)3-10-5/h5H,2-3H2,1H3. The van der Waals surface area contributed by atoms with Gasteiger partial charge in [0.25, 0.3) is 0 Å². The fraction of sp³-hybridized carbons (Fsp3) is 0.667.